The molecule has 0 aromatic heterocycles. The molecule has 0 heterocycles. The van der Waals surface area contributed by atoms with Crippen LogP contribution in [0.5, 0.6) is 0 Å². The summed E-state index contributed by atoms with van der Waals surface area (Å²) in [7, 11) is 0. The molecule has 0 aliphatic heterocycles. The standard InChI is InChI=1S/C9H13.2ClH.Ti/c1-8(2)7-9-5-3-4-6-9;;;/h3,5,8H,4,7H2,1-2H3;2*1H;/q;;;+2/p-2. The second-order valence-corrected chi connectivity index (χ2v) is 4.15. The average molecular weight is 240 g/mol. The van der Waals surface area contributed by atoms with Gasteiger partial charge in [-0.3, -0.25) is 0 Å². The van der Waals surface area contributed by atoms with Crippen LogP contribution in [0.2, 0.25) is 0 Å². The Morgan fingerprint density at radius 2 is 2.00 bits per heavy atom. The van der Waals surface area contributed by atoms with E-state index < -0.39 is 0 Å². The Labute approximate surface area is 99.1 Å². The first-order valence-electron chi connectivity index (χ1n) is 3.80. The van der Waals surface area contributed by atoms with Gasteiger partial charge in [-0.25, -0.2) is 0 Å². The zero-order chi connectivity index (χ0) is 7.56. The first-order valence-corrected chi connectivity index (χ1v) is 4.58. The normalized spacial score (nSPS) is 14.8. The van der Waals surface area contributed by atoms with Crippen LogP contribution in [0.15, 0.2) is 21.6 Å². The van der Waals surface area contributed by atoms with Crippen LogP contribution in [0, 0.1) is 5.92 Å². The summed E-state index contributed by atoms with van der Waals surface area (Å²) in [5, 5.41) is 0. The van der Waals surface area contributed by atoms with E-state index in [2.05, 4.69) is 46.4 Å². The molecule has 0 nitrogen and oxygen atoms in total. The summed E-state index contributed by atoms with van der Waals surface area (Å²) in [6.45, 7) is 4.54. The second-order valence-electron chi connectivity index (χ2n) is 3.21. The van der Waals surface area contributed by atoms with E-state index in [-0.39, 0.29) is 24.8 Å². The van der Waals surface area contributed by atoms with Gasteiger partial charge in [0.1, 0.15) is 0 Å². The average Bonchev–Trinajstić information content (AvgIpc) is 2.15. The number of rotatable bonds is 2. The first-order chi connectivity index (χ1) is 4.70. The molecule has 1 aliphatic carbocycles. The second kappa shape index (κ2) is 7.20. The quantitative estimate of drug-likeness (QED) is 0.446. The third kappa shape index (κ3) is 4.72. The molecule has 0 saturated heterocycles. The van der Waals surface area contributed by atoms with Crippen molar-refractivity contribution >= 4 is 0 Å². The van der Waals surface area contributed by atoms with Gasteiger partial charge in [0.15, 0.2) is 0 Å². The Hall–Kier alpha value is 0.774. The van der Waals surface area contributed by atoms with E-state index in [1.807, 2.05) is 0 Å². The molecule has 0 saturated carbocycles. The van der Waals surface area contributed by atoms with Gasteiger partial charge in [0.25, 0.3) is 0 Å². The van der Waals surface area contributed by atoms with Crippen LogP contribution in [0.4, 0.5) is 0 Å². The Bertz CT molecular complexity index is 183. The summed E-state index contributed by atoms with van der Waals surface area (Å²) < 4.78 is 1.56. The zero-order valence-corrected chi connectivity index (χ0v) is 10.5. The van der Waals surface area contributed by atoms with Crippen molar-refractivity contribution in [3.63, 3.8) is 0 Å². The molecule has 0 spiro atoms. The molecule has 0 atom stereocenters. The van der Waals surface area contributed by atoms with Crippen LogP contribution < -0.4 is 24.8 Å². The molecule has 0 aromatic carbocycles. The van der Waals surface area contributed by atoms with Crippen LogP contribution in [-0.4, -0.2) is 0 Å². The van der Waals surface area contributed by atoms with E-state index in [1.54, 1.807) is 9.45 Å². The fourth-order valence-corrected chi connectivity index (χ4v) is 1.66. The molecule has 0 unspecified atom stereocenters. The Balaban J connectivity index is 0. The van der Waals surface area contributed by atoms with Gasteiger partial charge < -0.3 is 24.8 Å². The van der Waals surface area contributed by atoms with Gasteiger partial charge in [0.2, 0.25) is 0 Å². The summed E-state index contributed by atoms with van der Waals surface area (Å²) in [6, 6.07) is 0. The van der Waals surface area contributed by atoms with E-state index in [4.69, 9.17) is 0 Å². The predicted molar refractivity (Wildman–Crippen MR) is 40.2 cm³/mol. The Morgan fingerprint density at radius 1 is 1.42 bits per heavy atom. The number of hydrogen-bond acceptors (Lipinski definition) is 0. The van der Waals surface area contributed by atoms with Gasteiger partial charge in [-0.2, -0.15) is 0 Å². The first kappa shape index (κ1) is 15.3. The minimum absolute atomic E-state index is 0. The smallest absolute Gasteiger partial charge is 1.00 e. The largest absolute Gasteiger partial charge is 1.00 e. The van der Waals surface area contributed by atoms with Gasteiger partial charge in [0.05, 0.1) is 0 Å². The van der Waals surface area contributed by atoms with Crippen molar-refractivity contribution in [2.24, 2.45) is 5.92 Å². The summed E-state index contributed by atoms with van der Waals surface area (Å²) >= 11 is 2.23. The molecule has 0 radical (unpaired) electrons. The van der Waals surface area contributed by atoms with Gasteiger partial charge in [-0.05, 0) is 0 Å². The van der Waals surface area contributed by atoms with Crippen LogP contribution in [-0.2, 0) is 20.4 Å². The summed E-state index contributed by atoms with van der Waals surface area (Å²) in [5.41, 5.74) is 1.56. The molecular formula is C9H13Cl2Ti. The number of hydrogen-bond donors (Lipinski definition) is 0. The molecule has 12 heavy (non-hydrogen) atoms. The van der Waals surface area contributed by atoms with E-state index in [1.165, 1.54) is 12.8 Å². The van der Waals surface area contributed by atoms with E-state index >= 15 is 0 Å². The van der Waals surface area contributed by atoms with Gasteiger partial charge in [-0.1, -0.05) is 0 Å². The summed E-state index contributed by atoms with van der Waals surface area (Å²) in [5.74, 6) is 0.799. The van der Waals surface area contributed by atoms with Crippen LogP contribution in [0.1, 0.15) is 26.7 Å². The SMILES string of the molecule is CC(C)CC1=[C]([Ti+2])CC=C1.[Cl-].[Cl-]. The Morgan fingerprint density at radius 3 is 2.33 bits per heavy atom. The van der Waals surface area contributed by atoms with Crippen LogP contribution in [0.3, 0.4) is 0 Å². The molecule has 1 rings (SSSR count). The third-order valence-corrected chi connectivity index (χ3v) is 2.48. The predicted octanol–water partition coefficient (Wildman–Crippen LogP) is -3.20. The molecular weight excluding hydrogens is 227 g/mol. The molecule has 0 bridgehead atoms. The minimum Gasteiger partial charge on any atom is -1.00 e. The monoisotopic (exact) mass is 239 g/mol. The van der Waals surface area contributed by atoms with Crippen molar-refractivity contribution < 1.29 is 45.2 Å². The maximum Gasteiger partial charge on any atom is -1.00 e. The summed E-state index contributed by atoms with van der Waals surface area (Å²) in [4.78, 5) is 0. The van der Waals surface area contributed by atoms with E-state index in [9.17, 15) is 0 Å². The maximum atomic E-state index is 2.27. The van der Waals surface area contributed by atoms with Crippen LogP contribution >= 0.6 is 0 Å². The summed E-state index contributed by atoms with van der Waals surface area (Å²) in [6.07, 6.45) is 6.97. The van der Waals surface area contributed by atoms with E-state index in [0.29, 0.717) is 0 Å². The minimum atomic E-state index is 0. The molecule has 0 N–H and O–H groups in total. The fourth-order valence-electron chi connectivity index (χ4n) is 1.18. The number of halogens is 2. The van der Waals surface area contributed by atoms with E-state index in [0.717, 1.165) is 5.92 Å². The van der Waals surface area contributed by atoms with Crippen molar-refractivity contribution in [3.05, 3.63) is 21.6 Å². The molecule has 0 fully saturated rings. The zero-order valence-electron chi connectivity index (χ0n) is 7.40. The van der Waals surface area contributed by atoms with Crippen LogP contribution in [0.25, 0.3) is 0 Å². The molecule has 3 heteroatoms. The third-order valence-electron chi connectivity index (χ3n) is 1.66. The Kier molecular flexibility index (Phi) is 9.16. The fraction of sp³-hybridized carbons (Fsp3) is 0.556. The molecule has 0 amide bonds. The van der Waals surface area contributed by atoms with Crippen molar-refractivity contribution in [1.82, 2.24) is 0 Å². The van der Waals surface area contributed by atoms with Gasteiger partial charge in [-0.15, -0.1) is 0 Å². The van der Waals surface area contributed by atoms with Gasteiger partial charge >= 0.3 is 74.6 Å². The number of allylic oxidation sites excluding steroid dienone is 4. The maximum absolute atomic E-state index is 2.27. The van der Waals surface area contributed by atoms with Crippen molar-refractivity contribution in [3.8, 4) is 0 Å². The van der Waals surface area contributed by atoms with Crippen molar-refractivity contribution in [1.29, 1.82) is 0 Å². The van der Waals surface area contributed by atoms with Crippen molar-refractivity contribution in [2.75, 3.05) is 0 Å². The molecule has 1 aliphatic rings. The molecule has 0 aromatic rings. The topological polar surface area (TPSA) is 0 Å². The van der Waals surface area contributed by atoms with Gasteiger partial charge in [0, 0.05) is 0 Å². The van der Waals surface area contributed by atoms with Crippen molar-refractivity contribution in [2.45, 2.75) is 26.7 Å². The molecule has 67 valence electrons.